The van der Waals surface area contributed by atoms with E-state index in [0.717, 1.165) is 25.9 Å². The fourth-order valence-corrected chi connectivity index (χ4v) is 3.79. The minimum atomic E-state index is 0.0592. The van der Waals surface area contributed by atoms with Crippen LogP contribution in [0.5, 0.6) is 0 Å². The maximum atomic E-state index is 11.5. The van der Waals surface area contributed by atoms with E-state index in [-0.39, 0.29) is 18.0 Å². The second kappa shape index (κ2) is 6.12. The molecule has 3 rings (SSSR count). The monoisotopic (exact) mass is 288 g/mol. The van der Waals surface area contributed by atoms with Gasteiger partial charge in [-0.05, 0) is 37.3 Å². The summed E-state index contributed by atoms with van der Waals surface area (Å²) in [7, 11) is 0. The van der Waals surface area contributed by atoms with Gasteiger partial charge in [0.1, 0.15) is 0 Å². The number of aromatic nitrogens is 1. The van der Waals surface area contributed by atoms with Gasteiger partial charge >= 0.3 is 0 Å². The molecule has 2 aliphatic rings. The van der Waals surface area contributed by atoms with Crippen molar-refractivity contribution in [2.75, 3.05) is 13.1 Å². The standard InChI is InChI=1S/C16H24N4O/c1-11(17)16(12-3-2-7-18-9-12)20-8-6-14-13(10-20)4-5-15(21)19-14/h2-3,7,9,11,13-14,16H,4-6,8,10,17H2,1H3,(H,19,21). The van der Waals surface area contributed by atoms with Crippen LogP contribution < -0.4 is 11.1 Å². The van der Waals surface area contributed by atoms with Crippen molar-refractivity contribution in [1.82, 2.24) is 15.2 Å². The van der Waals surface area contributed by atoms with Gasteiger partial charge in [-0.3, -0.25) is 14.7 Å². The summed E-state index contributed by atoms with van der Waals surface area (Å²) in [6.07, 6.45) is 6.38. The Bertz CT molecular complexity index is 490. The highest BCUT2D eigenvalue weighted by molar-refractivity contribution is 5.77. The van der Waals surface area contributed by atoms with Gasteiger partial charge in [0.05, 0.1) is 6.04 Å². The van der Waals surface area contributed by atoms with Gasteiger partial charge in [0.2, 0.25) is 5.91 Å². The quantitative estimate of drug-likeness (QED) is 0.873. The van der Waals surface area contributed by atoms with E-state index in [2.05, 4.69) is 28.2 Å². The number of amides is 1. The normalized spacial score (nSPS) is 29.3. The van der Waals surface area contributed by atoms with Crippen molar-refractivity contribution in [3.63, 3.8) is 0 Å². The topological polar surface area (TPSA) is 71.2 Å². The first-order chi connectivity index (χ1) is 10.1. The molecule has 21 heavy (non-hydrogen) atoms. The zero-order valence-corrected chi connectivity index (χ0v) is 12.5. The SMILES string of the molecule is CC(N)C(c1cccnc1)N1CCC2NC(=O)CCC2C1. The van der Waals surface area contributed by atoms with Gasteiger partial charge in [0.15, 0.2) is 0 Å². The van der Waals surface area contributed by atoms with Gasteiger partial charge in [-0.15, -0.1) is 0 Å². The second-order valence-electron chi connectivity index (χ2n) is 6.35. The average molecular weight is 288 g/mol. The number of hydrogen-bond donors (Lipinski definition) is 2. The van der Waals surface area contributed by atoms with Crippen molar-refractivity contribution in [2.24, 2.45) is 11.7 Å². The molecule has 1 amide bonds. The number of piperidine rings is 2. The predicted molar refractivity (Wildman–Crippen MR) is 81.5 cm³/mol. The summed E-state index contributed by atoms with van der Waals surface area (Å²) >= 11 is 0. The minimum absolute atomic E-state index is 0.0592. The number of likely N-dealkylation sites (tertiary alicyclic amines) is 1. The van der Waals surface area contributed by atoms with Crippen LogP contribution in [-0.2, 0) is 4.79 Å². The maximum Gasteiger partial charge on any atom is 0.220 e. The zero-order chi connectivity index (χ0) is 14.8. The number of carbonyl (C=O) groups is 1. The predicted octanol–water partition coefficient (Wildman–Crippen LogP) is 1.07. The van der Waals surface area contributed by atoms with Gasteiger partial charge in [0, 0.05) is 44.0 Å². The number of rotatable bonds is 3. The van der Waals surface area contributed by atoms with Crippen molar-refractivity contribution >= 4 is 5.91 Å². The van der Waals surface area contributed by atoms with Crippen molar-refractivity contribution in [3.05, 3.63) is 30.1 Å². The molecule has 0 bridgehead atoms. The van der Waals surface area contributed by atoms with Crippen LogP contribution in [-0.4, -0.2) is 41.0 Å². The van der Waals surface area contributed by atoms with Crippen LogP contribution in [0.4, 0.5) is 0 Å². The molecule has 0 spiro atoms. The maximum absolute atomic E-state index is 11.5. The Balaban J connectivity index is 1.75. The van der Waals surface area contributed by atoms with E-state index in [9.17, 15) is 4.79 Å². The Morgan fingerprint density at radius 3 is 3.05 bits per heavy atom. The summed E-state index contributed by atoms with van der Waals surface area (Å²) in [6, 6.07) is 4.69. The summed E-state index contributed by atoms with van der Waals surface area (Å²) in [5, 5.41) is 3.14. The summed E-state index contributed by atoms with van der Waals surface area (Å²) in [5.41, 5.74) is 7.44. The molecule has 0 saturated carbocycles. The molecule has 5 heteroatoms. The minimum Gasteiger partial charge on any atom is -0.353 e. The van der Waals surface area contributed by atoms with Gasteiger partial charge in [0.25, 0.3) is 0 Å². The van der Waals surface area contributed by atoms with Crippen LogP contribution >= 0.6 is 0 Å². The number of nitrogens with zero attached hydrogens (tertiary/aromatic N) is 2. The summed E-state index contributed by atoms with van der Waals surface area (Å²) in [4.78, 5) is 18.2. The molecule has 5 nitrogen and oxygen atoms in total. The van der Waals surface area contributed by atoms with E-state index in [1.165, 1.54) is 5.56 Å². The third-order valence-corrected chi connectivity index (χ3v) is 4.77. The van der Waals surface area contributed by atoms with E-state index < -0.39 is 0 Å². The number of pyridine rings is 1. The van der Waals surface area contributed by atoms with E-state index in [4.69, 9.17) is 5.73 Å². The van der Waals surface area contributed by atoms with Crippen LogP contribution in [0.1, 0.15) is 37.8 Å². The van der Waals surface area contributed by atoms with Crippen LogP contribution in [0.2, 0.25) is 0 Å². The molecule has 1 aromatic heterocycles. The first-order valence-corrected chi connectivity index (χ1v) is 7.84. The molecular weight excluding hydrogens is 264 g/mol. The highest BCUT2D eigenvalue weighted by Crippen LogP contribution is 2.32. The third-order valence-electron chi connectivity index (χ3n) is 4.77. The summed E-state index contributed by atoms with van der Waals surface area (Å²) in [6.45, 7) is 4.04. The molecule has 3 N–H and O–H groups in total. The van der Waals surface area contributed by atoms with Crippen LogP contribution in [0.3, 0.4) is 0 Å². The second-order valence-corrected chi connectivity index (χ2v) is 6.35. The number of carbonyl (C=O) groups excluding carboxylic acids is 1. The van der Waals surface area contributed by atoms with Crippen LogP contribution in [0.25, 0.3) is 0 Å². The lowest BCUT2D eigenvalue weighted by molar-refractivity contribution is -0.125. The Hall–Kier alpha value is -1.46. The largest absolute Gasteiger partial charge is 0.353 e. The smallest absolute Gasteiger partial charge is 0.220 e. The molecule has 0 radical (unpaired) electrons. The van der Waals surface area contributed by atoms with E-state index in [0.29, 0.717) is 18.4 Å². The van der Waals surface area contributed by atoms with E-state index >= 15 is 0 Å². The number of nitrogens with two attached hydrogens (primary N) is 1. The zero-order valence-electron chi connectivity index (χ0n) is 12.5. The lowest BCUT2D eigenvalue weighted by Gasteiger charge is -2.45. The summed E-state index contributed by atoms with van der Waals surface area (Å²) < 4.78 is 0. The molecule has 4 unspecified atom stereocenters. The van der Waals surface area contributed by atoms with E-state index in [1.54, 1.807) is 6.20 Å². The van der Waals surface area contributed by atoms with Crippen molar-refractivity contribution in [3.8, 4) is 0 Å². The molecule has 2 aliphatic heterocycles. The Morgan fingerprint density at radius 2 is 2.33 bits per heavy atom. The Labute approximate surface area is 125 Å². The molecule has 1 aromatic rings. The van der Waals surface area contributed by atoms with Gasteiger partial charge in [-0.25, -0.2) is 0 Å². The lowest BCUT2D eigenvalue weighted by Crippen LogP contribution is -2.56. The first-order valence-electron chi connectivity index (χ1n) is 7.84. The van der Waals surface area contributed by atoms with Gasteiger partial charge in [-0.1, -0.05) is 6.07 Å². The molecule has 0 aromatic carbocycles. The molecule has 3 heterocycles. The van der Waals surface area contributed by atoms with Crippen molar-refractivity contribution in [2.45, 2.75) is 44.3 Å². The average Bonchev–Trinajstić information content (AvgIpc) is 2.48. The highest BCUT2D eigenvalue weighted by Gasteiger charge is 2.37. The molecule has 0 aliphatic carbocycles. The molecule has 114 valence electrons. The number of fused-ring (bicyclic) bond motifs is 1. The van der Waals surface area contributed by atoms with Crippen molar-refractivity contribution < 1.29 is 4.79 Å². The molecule has 2 fully saturated rings. The van der Waals surface area contributed by atoms with Crippen LogP contribution in [0, 0.1) is 5.92 Å². The lowest BCUT2D eigenvalue weighted by atomic mass is 9.83. The highest BCUT2D eigenvalue weighted by atomic mass is 16.1. The first kappa shape index (κ1) is 14.5. The van der Waals surface area contributed by atoms with E-state index in [1.807, 2.05) is 12.3 Å². The summed E-state index contributed by atoms with van der Waals surface area (Å²) in [5.74, 6) is 0.759. The molecule has 2 saturated heterocycles. The molecular formula is C16H24N4O. The Morgan fingerprint density at radius 1 is 1.48 bits per heavy atom. The van der Waals surface area contributed by atoms with Crippen LogP contribution in [0.15, 0.2) is 24.5 Å². The number of hydrogen-bond acceptors (Lipinski definition) is 4. The fraction of sp³-hybridized carbons (Fsp3) is 0.625. The Kier molecular flexibility index (Phi) is 4.22. The fourth-order valence-electron chi connectivity index (χ4n) is 3.79. The van der Waals surface area contributed by atoms with Crippen molar-refractivity contribution in [1.29, 1.82) is 0 Å². The number of nitrogens with one attached hydrogen (secondary N) is 1. The van der Waals surface area contributed by atoms with Gasteiger partial charge < -0.3 is 11.1 Å². The third kappa shape index (κ3) is 3.09. The van der Waals surface area contributed by atoms with Gasteiger partial charge in [-0.2, -0.15) is 0 Å². The molecule has 4 atom stereocenters.